The second kappa shape index (κ2) is 9.67. The predicted octanol–water partition coefficient (Wildman–Crippen LogP) is 6.23. The van der Waals surface area contributed by atoms with Crippen LogP contribution in [0.4, 0.5) is 0 Å². The normalized spacial score (nSPS) is 14.3. The summed E-state index contributed by atoms with van der Waals surface area (Å²) in [6, 6.07) is 25.0. The quantitative estimate of drug-likeness (QED) is 0.267. The van der Waals surface area contributed by atoms with Crippen molar-refractivity contribution in [3.63, 3.8) is 0 Å². The summed E-state index contributed by atoms with van der Waals surface area (Å²) in [7, 11) is 1.46. The van der Waals surface area contributed by atoms with Crippen LogP contribution in [0, 0.1) is 0 Å². The minimum absolute atomic E-state index is 0.229. The second-order valence-electron chi connectivity index (χ2n) is 10.4. The standard InChI is InChI=1S/C33H24N2O6/c1-33(2,19-4-8-21(9-5-19)40-23-12-14-25-27(16-23)30(37)34-18-29(25)36)20-6-10-22(11-7-20)41-24-13-15-26-28(17-24)32(39)35(3)31(26)38/h4-18H,1-3H3. The maximum atomic E-state index is 12.3. The summed E-state index contributed by atoms with van der Waals surface area (Å²) in [5, 5.41) is 0. The first-order chi connectivity index (χ1) is 19.6. The first-order valence-electron chi connectivity index (χ1n) is 12.9. The summed E-state index contributed by atoms with van der Waals surface area (Å²) in [6.45, 7) is 4.23. The molecule has 202 valence electrons. The fourth-order valence-corrected chi connectivity index (χ4v) is 4.96. The minimum Gasteiger partial charge on any atom is -0.457 e. The topological polar surface area (TPSA) is 102 Å². The smallest absolute Gasteiger partial charge is 0.277 e. The zero-order valence-electron chi connectivity index (χ0n) is 22.5. The number of Topliss-reactive ketones (excluding diaryl/α,β-unsaturated/α-hetero) is 1. The average Bonchev–Trinajstić information content (AvgIpc) is 3.19. The van der Waals surface area contributed by atoms with Gasteiger partial charge in [0.05, 0.1) is 22.9 Å². The molecule has 3 amide bonds. The number of fused-ring (bicyclic) bond motifs is 2. The Bertz CT molecular complexity index is 1790. The highest BCUT2D eigenvalue weighted by atomic mass is 16.5. The molecule has 0 bridgehead atoms. The molecule has 41 heavy (non-hydrogen) atoms. The van der Waals surface area contributed by atoms with Gasteiger partial charge in [0.25, 0.3) is 17.7 Å². The molecule has 4 aromatic rings. The lowest BCUT2D eigenvalue weighted by Crippen LogP contribution is -2.24. The van der Waals surface area contributed by atoms with E-state index < -0.39 is 5.91 Å². The molecule has 0 spiro atoms. The van der Waals surface area contributed by atoms with Gasteiger partial charge in [-0.1, -0.05) is 38.1 Å². The van der Waals surface area contributed by atoms with E-state index in [4.69, 9.17) is 9.47 Å². The van der Waals surface area contributed by atoms with Crippen LogP contribution in [0.3, 0.4) is 0 Å². The Morgan fingerprint density at radius 1 is 0.585 bits per heavy atom. The van der Waals surface area contributed by atoms with Crippen molar-refractivity contribution in [1.29, 1.82) is 0 Å². The molecule has 2 aliphatic heterocycles. The van der Waals surface area contributed by atoms with Gasteiger partial charge in [-0.25, -0.2) is 4.99 Å². The van der Waals surface area contributed by atoms with Crippen molar-refractivity contribution in [2.75, 3.05) is 7.05 Å². The summed E-state index contributed by atoms with van der Waals surface area (Å²) in [5.41, 5.74) is 3.05. The van der Waals surface area contributed by atoms with Crippen LogP contribution in [0.2, 0.25) is 0 Å². The maximum Gasteiger partial charge on any atom is 0.277 e. The number of benzene rings is 4. The Hall–Kier alpha value is -5.37. The lowest BCUT2D eigenvalue weighted by atomic mass is 9.78. The van der Waals surface area contributed by atoms with Gasteiger partial charge in [-0.2, -0.15) is 0 Å². The molecule has 0 saturated carbocycles. The molecule has 0 N–H and O–H groups in total. The Balaban J connectivity index is 1.15. The molecule has 0 radical (unpaired) electrons. The monoisotopic (exact) mass is 544 g/mol. The number of amides is 3. The summed E-state index contributed by atoms with van der Waals surface area (Å²) in [4.78, 5) is 53.2. The van der Waals surface area contributed by atoms with E-state index >= 15 is 0 Å². The van der Waals surface area contributed by atoms with Crippen LogP contribution >= 0.6 is 0 Å². The number of aliphatic imine (C=N–C) groups is 1. The van der Waals surface area contributed by atoms with Crippen molar-refractivity contribution in [3.8, 4) is 23.0 Å². The average molecular weight is 545 g/mol. The number of carbonyl (C=O) groups is 4. The fourth-order valence-electron chi connectivity index (χ4n) is 4.96. The Kier molecular flexibility index (Phi) is 6.11. The van der Waals surface area contributed by atoms with Crippen molar-refractivity contribution < 1.29 is 28.7 Å². The zero-order valence-corrected chi connectivity index (χ0v) is 22.5. The molecule has 8 nitrogen and oxygen atoms in total. The van der Waals surface area contributed by atoms with Gasteiger partial charge in [0.2, 0.25) is 5.78 Å². The van der Waals surface area contributed by atoms with E-state index in [0.717, 1.165) is 22.2 Å². The third-order valence-corrected chi connectivity index (χ3v) is 7.47. The minimum atomic E-state index is -0.467. The second-order valence-corrected chi connectivity index (χ2v) is 10.4. The summed E-state index contributed by atoms with van der Waals surface area (Å²) in [6.07, 6.45) is 1.03. The van der Waals surface area contributed by atoms with E-state index in [1.165, 1.54) is 13.1 Å². The van der Waals surface area contributed by atoms with Crippen LogP contribution in [0.25, 0.3) is 0 Å². The third kappa shape index (κ3) is 4.59. The van der Waals surface area contributed by atoms with Gasteiger partial charge in [0.15, 0.2) is 0 Å². The van der Waals surface area contributed by atoms with Gasteiger partial charge in [-0.3, -0.25) is 24.1 Å². The molecule has 2 aliphatic rings. The van der Waals surface area contributed by atoms with Crippen LogP contribution in [-0.4, -0.2) is 41.7 Å². The number of hydrogen-bond acceptors (Lipinski definition) is 6. The number of imide groups is 1. The number of rotatable bonds is 6. The van der Waals surface area contributed by atoms with Crippen LogP contribution in [0.5, 0.6) is 23.0 Å². The highest BCUT2D eigenvalue weighted by Crippen LogP contribution is 2.35. The van der Waals surface area contributed by atoms with Crippen LogP contribution in [0.15, 0.2) is 89.9 Å². The Morgan fingerprint density at radius 3 is 1.61 bits per heavy atom. The Morgan fingerprint density at radius 2 is 1.05 bits per heavy atom. The summed E-state index contributed by atoms with van der Waals surface area (Å²) < 4.78 is 11.9. The van der Waals surface area contributed by atoms with E-state index in [-0.39, 0.29) is 28.6 Å². The molecule has 0 aliphatic carbocycles. The van der Waals surface area contributed by atoms with Crippen molar-refractivity contribution in [2.24, 2.45) is 4.99 Å². The number of carbonyl (C=O) groups excluding carboxylic acids is 4. The molecule has 0 atom stereocenters. The summed E-state index contributed by atoms with van der Waals surface area (Å²) >= 11 is 0. The van der Waals surface area contributed by atoms with Gasteiger partial charge in [-0.05, 0) is 71.8 Å². The largest absolute Gasteiger partial charge is 0.457 e. The maximum absolute atomic E-state index is 12.3. The molecule has 6 rings (SSSR count). The molecular weight excluding hydrogens is 520 g/mol. The zero-order chi connectivity index (χ0) is 28.9. The van der Waals surface area contributed by atoms with E-state index in [1.807, 2.05) is 48.5 Å². The van der Waals surface area contributed by atoms with E-state index in [2.05, 4.69) is 18.8 Å². The van der Waals surface area contributed by atoms with Crippen molar-refractivity contribution in [2.45, 2.75) is 19.3 Å². The number of ketones is 1. The van der Waals surface area contributed by atoms with E-state index in [9.17, 15) is 19.2 Å². The van der Waals surface area contributed by atoms with Crippen LogP contribution in [0.1, 0.15) is 66.4 Å². The molecule has 0 fully saturated rings. The fraction of sp³-hybridized carbons (Fsp3) is 0.121. The molecule has 8 heteroatoms. The van der Waals surface area contributed by atoms with Gasteiger partial charge in [0.1, 0.15) is 23.0 Å². The number of nitrogens with zero attached hydrogens (tertiary/aromatic N) is 2. The molecule has 4 aromatic carbocycles. The first kappa shape index (κ1) is 25.9. The molecule has 0 unspecified atom stereocenters. The SMILES string of the molecule is CN1C(=O)c2ccc(Oc3ccc(C(C)(C)c4ccc(Oc5ccc6c(c5)C(=O)N=CC6=O)cc4)cc3)cc2C1=O. The third-order valence-electron chi connectivity index (χ3n) is 7.47. The lowest BCUT2D eigenvalue weighted by Gasteiger charge is -2.26. The van der Waals surface area contributed by atoms with Gasteiger partial charge in [-0.15, -0.1) is 0 Å². The predicted molar refractivity (Wildman–Crippen MR) is 152 cm³/mol. The van der Waals surface area contributed by atoms with Crippen molar-refractivity contribution in [3.05, 3.63) is 118 Å². The number of ether oxygens (including phenoxy) is 2. The highest BCUT2D eigenvalue weighted by molar-refractivity contribution is 6.41. The highest BCUT2D eigenvalue weighted by Gasteiger charge is 2.33. The van der Waals surface area contributed by atoms with E-state index in [1.54, 1.807) is 30.3 Å². The first-order valence-corrected chi connectivity index (χ1v) is 12.9. The van der Waals surface area contributed by atoms with Crippen LogP contribution < -0.4 is 9.47 Å². The van der Waals surface area contributed by atoms with Gasteiger partial charge >= 0.3 is 0 Å². The van der Waals surface area contributed by atoms with Gasteiger partial charge in [0, 0.05) is 18.0 Å². The molecule has 2 heterocycles. The lowest BCUT2D eigenvalue weighted by molar-refractivity contribution is 0.0692. The molecular formula is C33H24N2O6. The van der Waals surface area contributed by atoms with Crippen LogP contribution in [-0.2, 0) is 5.41 Å². The number of hydrogen-bond donors (Lipinski definition) is 0. The molecule has 0 aromatic heterocycles. The van der Waals surface area contributed by atoms with Crippen molar-refractivity contribution >= 4 is 29.7 Å². The molecule has 0 saturated heterocycles. The van der Waals surface area contributed by atoms with Gasteiger partial charge < -0.3 is 9.47 Å². The van der Waals surface area contributed by atoms with E-state index in [0.29, 0.717) is 39.7 Å². The summed E-state index contributed by atoms with van der Waals surface area (Å²) in [5.74, 6) is 0.689. The Labute approximate surface area is 235 Å². The van der Waals surface area contributed by atoms with Crippen molar-refractivity contribution in [1.82, 2.24) is 4.90 Å².